The SMILES string of the molecule is Cc1ccncc1N1CCCC(CN(C)C(=O)OC(C)(C)C)C1. The first-order valence-corrected chi connectivity index (χ1v) is 8.36. The van der Waals surface area contributed by atoms with E-state index in [0.717, 1.165) is 32.5 Å². The van der Waals surface area contributed by atoms with Crippen LogP contribution in [0.1, 0.15) is 39.2 Å². The van der Waals surface area contributed by atoms with E-state index in [-0.39, 0.29) is 6.09 Å². The first kappa shape index (κ1) is 17.6. The number of nitrogens with zero attached hydrogens (tertiary/aromatic N) is 3. The maximum atomic E-state index is 12.1. The number of amides is 1. The van der Waals surface area contributed by atoms with Crippen molar-refractivity contribution in [2.24, 2.45) is 5.92 Å². The molecule has 2 rings (SSSR count). The number of aromatic nitrogens is 1. The highest BCUT2D eigenvalue weighted by Crippen LogP contribution is 2.25. The Hall–Kier alpha value is -1.78. The number of ether oxygens (including phenoxy) is 1. The van der Waals surface area contributed by atoms with Crippen molar-refractivity contribution < 1.29 is 9.53 Å². The van der Waals surface area contributed by atoms with E-state index in [4.69, 9.17) is 4.74 Å². The molecule has 1 fully saturated rings. The predicted molar refractivity (Wildman–Crippen MR) is 92.8 cm³/mol. The van der Waals surface area contributed by atoms with Gasteiger partial charge in [-0.25, -0.2) is 4.79 Å². The highest BCUT2D eigenvalue weighted by Gasteiger charge is 2.26. The van der Waals surface area contributed by atoms with Gasteiger partial charge in [-0.15, -0.1) is 0 Å². The Balaban J connectivity index is 1.94. The minimum absolute atomic E-state index is 0.243. The molecule has 1 aliphatic rings. The van der Waals surface area contributed by atoms with E-state index in [0.29, 0.717) is 5.92 Å². The highest BCUT2D eigenvalue weighted by atomic mass is 16.6. The molecular formula is C18H29N3O2. The minimum atomic E-state index is -0.448. The Bertz CT molecular complexity index is 539. The summed E-state index contributed by atoms with van der Waals surface area (Å²) in [6.07, 6.45) is 5.81. The molecule has 1 atom stereocenters. The van der Waals surface area contributed by atoms with Crippen molar-refractivity contribution in [1.82, 2.24) is 9.88 Å². The molecule has 0 bridgehead atoms. The molecule has 5 nitrogen and oxygen atoms in total. The lowest BCUT2D eigenvalue weighted by Crippen LogP contribution is -2.43. The second-order valence-corrected chi connectivity index (χ2v) is 7.48. The van der Waals surface area contributed by atoms with Crippen LogP contribution < -0.4 is 4.90 Å². The second-order valence-electron chi connectivity index (χ2n) is 7.48. The van der Waals surface area contributed by atoms with Crippen molar-refractivity contribution in [3.63, 3.8) is 0 Å². The number of hydrogen-bond acceptors (Lipinski definition) is 4. The van der Waals surface area contributed by atoms with Gasteiger partial charge in [-0.1, -0.05) is 0 Å². The number of carbonyl (C=O) groups excluding carboxylic acids is 1. The van der Waals surface area contributed by atoms with Crippen LogP contribution in [0.4, 0.5) is 10.5 Å². The molecule has 23 heavy (non-hydrogen) atoms. The van der Waals surface area contributed by atoms with Gasteiger partial charge in [-0.2, -0.15) is 0 Å². The molecule has 0 aliphatic carbocycles. The number of hydrogen-bond donors (Lipinski definition) is 0. The van der Waals surface area contributed by atoms with Gasteiger partial charge in [0.05, 0.1) is 11.9 Å². The Labute approximate surface area is 139 Å². The summed E-state index contributed by atoms with van der Waals surface area (Å²) >= 11 is 0. The lowest BCUT2D eigenvalue weighted by Gasteiger charge is -2.36. The smallest absolute Gasteiger partial charge is 0.410 e. The van der Waals surface area contributed by atoms with Crippen LogP contribution in [0.3, 0.4) is 0 Å². The van der Waals surface area contributed by atoms with Gasteiger partial charge >= 0.3 is 6.09 Å². The van der Waals surface area contributed by atoms with E-state index in [9.17, 15) is 4.79 Å². The molecule has 0 aromatic carbocycles. The van der Waals surface area contributed by atoms with Crippen LogP contribution >= 0.6 is 0 Å². The number of rotatable bonds is 3. The van der Waals surface area contributed by atoms with Gasteiger partial charge in [0.25, 0.3) is 0 Å². The fourth-order valence-electron chi connectivity index (χ4n) is 3.02. The van der Waals surface area contributed by atoms with E-state index in [1.54, 1.807) is 4.90 Å². The highest BCUT2D eigenvalue weighted by molar-refractivity contribution is 5.67. The van der Waals surface area contributed by atoms with Gasteiger partial charge < -0.3 is 14.5 Å². The maximum absolute atomic E-state index is 12.1. The standard InChI is InChI=1S/C18H29N3O2/c1-14-8-9-19-11-16(14)21-10-6-7-15(13-21)12-20(5)17(22)23-18(2,3)4/h8-9,11,15H,6-7,10,12-13H2,1-5H3. The third-order valence-electron chi connectivity index (χ3n) is 4.11. The average molecular weight is 319 g/mol. The van der Waals surface area contributed by atoms with E-state index >= 15 is 0 Å². The second kappa shape index (κ2) is 7.20. The third kappa shape index (κ3) is 5.12. The fourth-order valence-corrected chi connectivity index (χ4v) is 3.02. The van der Waals surface area contributed by atoms with Gasteiger partial charge in [-0.05, 0) is 58.1 Å². The Kier molecular flexibility index (Phi) is 5.50. The average Bonchev–Trinajstić information content (AvgIpc) is 2.46. The van der Waals surface area contributed by atoms with Crippen molar-refractivity contribution in [2.75, 3.05) is 31.6 Å². The van der Waals surface area contributed by atoms with Gasteiger partial charge in [-0.3, -0.25) is 4.98 Å². The molecule has 1 aromatic heterocycles. The van der Waals surface area contributed by atoms with Crippen LogP contribution in [0.15, 0.2) is 18.5 Å². The zero-order valence-electron chi connectivity index (χ0n) is 15.0. The molecule has 0 saturated carbocycles. The lowest BCUT2D eigenvalue weighted by atomic mass is 9.97. The number of anilines is 1. The van der Waals surface area contributed by atoms with E-state index in [1.807, 2.05) is 46.3 Å². The summed E-state index contributed by atoms with van der Waals surface area (Å²) in [5.74, 6) is 0.459. The monoisotopic (exact) mass is 319 g/mol. The molecule has 128 valence electrons. The van der Waals surface area contributed by atoms with Crippen LogP contribution in [-0.2, 0) is 4.74 Å². The summed E-state index contributed by atoms with van der Waals surface area (Å²) in [6.45, 7) is 10.5. The summed E-state index contributed by atoms with van der Waals surface area (Å²) in [7, 11) is 1.82. The lowest BCUT2D eigenvalue weighted by molar-refractivity contribution is 0.0269. The number of pyridine rings is 1. The molecule has 1 aliphatic heterocycles. The minimum Gasteiger partial charge on any atom is -0.444 e. The normalized spacial score (nSPS) is 18.7. The van der Waals surface area contributed by atoms with Crippen LogP contribution in [-0.4, -0.2) is 48.3 Å². The fraction of sp³-hybridized carbons (Fsp3) is 0.667. The largest absolute Gasteiger partial charge is 0.444 e. The third-order valence-corrected chi connectivity index (χ3v) is 4.11. The van der Waals surface area contributed by atoms with Gasteiger partial charge in [0.15, 0.2) is 0 Å². The Morgan fingerprint density at radius 2 is 2.22 bits per heavy atom. The first-order valence-electron chi connectivity index (χ1n) is 8.36. The van der Waals surface area contributed by atoms with Crippen LogP contribution in [0.25, 0.3) is 0 Å². The van der Waals surface area contributed by atoms with Crippen LogP contribution in [0.2, 0.25) is 0 Å². The molecule has 0 N–H and O–H groups in total. The molecule has 1 saturated heterocycles. The maximum Gasteiger partial charge on any atom is 0.410 e. The number of aryl methyl sites for hydroxylation is 1. The summed E-state index contributed by atoms with van der Waals surface area (Å²) in [4.78, 5) is 20.5. The summed E-state index contributed by atoms with van der Waals surface area (Å²) in [5.41, 5.74) is 2.01. The molecule has 1 amide bonds. The molecule has 2 heterocycles. The molecule has 1 aromatic rings. The molecule has 0 radical (unpaired) electrons. The van der Waals surface area contributed by atoms with Crippen molar-refractivity contribution in [1.29, 1.82) is 0 Å². The van der Waals surface area contributed by atoms with Crippen molar-refractivity contribution in [3.8, 4) is 0 Å². The molecule has 1 unspecified atom stereocenters. The first-order chi connectivity index (χ1) is 10.8. The summed E-state index contributed by atoms with van der Waals surface area (Å²) in [6, 6.07) is 2.05. The zero-order valence-corrected chi connectivity index (χ0v) is 15.0. The molecule has 0 spiro atoms. The number of piperidine rings is 1. The quantitative estimate of drug-likeness (QED) is 0.856. The molecular weight excluding hydrogens is 290 g/mol. The van der Waals surface area contributed by atoms with Crippen LogP contribution in [0, 0.1) is 12.8 Å². The van der Waals surface area contributed by atoms with Crippen LogP contribution in [0.5, 0.6) is 0 Å². The summed E-state index contributed by atoms with van der Waals surface area (Å²) in [5, 5.41) is 0. The zero-order chi connectivity index (χ0) is 17.0. The Morgan fingerprint density at radius 3 is 2.87 bits per heavy atom. The van der Waals surface area contributed by atoms with E-state index in [2.05, 4.69) is 16.8 Å². The van der Waals surface area contributed by atoms with Crippen molar-refractivity contribution in [2.45, 2.75) is 46.1 Å². The van der Waals surface area contributed by atoms with Gasteiger partial charge in [0, 0.05) is 32.9 Å². The van der Waals surface area contributed by atoms with Crippen molar-refractivity contribution in [3.05, 3.63) is 24.0 Å². The van der Waals surface area contributed by atoms with E-state index in [1.165, 1.54) is 11.3 Å². The van der Waals surface area contributed by atoms with Gasteiger partial charge in [0.2, 0.25) is 0 Å². The van der Waals surface area contributed by atoms with Gasteiger partial charge in [0.1, 0.15) is 5.60 Å². The predicted octanol–water partition coefficient (Wildman–Crippen LogP) is 3.47. The Morgan fingerprint density at radius 1 is 1.48 bits per heavy atom. The summed E-state index contributed by atoms with van der Waals surface area (Å²) < 4.78 is 5.44. The topological polar surface area (TPSA) is 45.7 Å². The molecule has 5 heteroatoms. The van der Waals surface area contributed by atoms with Crippen molar-refractivity contribution >= 4 is 11.8 Å². The number of carbonyl (C=O) groups is 1. The van der Waals surface area contributed by atoms with E-state index < -0.39 is 5.60 Å².